The minimum Gasteiger partial charge on any atom is -0.313 e. The highest BCUT2D eigenvalue weighted by molar-refractivity contribution is 9.10. The van der Waals surface area contributed by atoms with Gasteiger partial charge in [0, 0.05) is 33.4 Å². The first-order valence-corrected chi connectivity index (χ1v) is 7.13. The van der Waals surface area contributed by atoms with Gasteiger partial charge in [-0.15, -0.1) is 11.3 Å². The van der Waals surface area contributed by atoms with Crippen LogP contribution in [0.4, 0.5) is 8.78 Å². The van der Waals surface area contributed by atoms with Crippen LogP contribution in [-0.2, 0) is 6.42 Å². The van der Waals surface area contributed by atoms with Gasteiger partial charge in [-0.2, -0.15) is 0 Å². The monoisotopic (exact) mass is 331 g/mol. The van der Waals surface area contributed by atoms with E-state index in [9.17, 15) is 8.78 Å². The predicted octanol–water partition coefficient (Wildman–Crippen LogP) is 4.29. The standard InChI is InChI=1S/C13H12BrF2NS/c1-17-12(7-13-10(14)4-5-18-13)9-3-2-8(15)6-11(9)16/h2-6,12,17H,7H2,1H3. The largest absolute Gasteiger partial charge is 0.313 e. The van der Waals surface area contributed by atoms with Crippen molar-refractivity contribution in [1.29, 1.82) is 0 Å². The highest BCUT2D eigenvalue weighted by atomic mass is 79.9. The van der Waals surface area contributed by atoms with Crippen LogP contribution < -0.4 is 5.32 Å². The Morgan fingerprint density at radius 1 is 1.33 bits per heavy atom. The molecule has 1 heterocycles. The van der Waals surface area contributed by atoms with Gasteiger partial charge in [-0.3, -0.25) is 0 Å². The molecule has 1 aromatic heterocycles. The van der Waals surface area contributed by atoms with Crippen molar-refractivity contribution in [2.45, 2.75) is 12.5 Å². The molecule has 0 fully saturated rings. The van der Waals surface area contributed by atoms with E-state index in [-0.39, 0.29) is 6.04 Å². The second kappa shape index (κ2) is 5.91. The fourth-order valence-corrected chi connectivity index (χ4v) is 3.37. The van der Waals surface area contributed by atoms with E-state index in [0.717, 1.165) is 15.4 Å². The average Bonchev–Trinajstić information content (AvgIpc) is 2.73. The number of rotatable bonds is 4. The second-order valence-electron chi connectivity index (χ2n) is 3.90. The quantitative estimate of drug-likeness (QED) is 0.881. The van der Waals surface area contributed by atoms with Crippen molar-refractivity contribution in [3.8, 4) is 0 Å². The number of hydrogen-bond acceptors (Lipinski definition) is 2. The van der Waals surface area contributed by atoms with Crippen LogP contribution in [0.1, 0.15) is 16.5 Å². The summed E-state index contributed by atoms with van der Waals surface area (Å²) in [5, 5.41) is 5.05. The molecule has 1 unspecified atom stereocenters. The molecule has 0 aliphatic rings. The second-order valence-corrected chi connectivity index (χ2v) is 5.76. The van der Waals surface area contributed by atoms with Gasteiger partial charge in [0.25, 0.3) is 0 Å². The number of nitrogens with one attached hydrogen (secondary N) is 1. The molecule has 96 valence electrons. The molecule has 1 atom stereocenters. The number of halogens is 3. The maximum Gasteiger partial charge on any atom is 0.130 e. The van der Waals surface area contributed by atoms with Crippen LogP contribution in [0, 0.1) is 11.6 Å². The van der Waals surface area contributed by atoms with Crippen LogP contribution in [0.3, 0.4) is 0 Å². The predicted molar refractivity (Wildman–Crippen MR) is 73.9 cm³/mol. The highest BCUT2D eigenvalue weighted by Crippen LogP contribution is 2.29. The minimum atomic E-state index is -0.552. The zero-order valence-corrected chi connectivity index (χ0v) is 12.1. The Kier molecular flexibility index (Phi) is 4.48. The zero-order valence-electron chi connectivity index (χ0n) is 9.71. The lowest BCUT2D eigenvalue weighted by molar-refractivity contribution is 0.523. The molecule has 0 amide bonds. The van der Waals surface area contributed by atoms with Crippen LogP contribution in [-0.4, -0.2) is 7.05 Å². The Balaban J connectivity index is 2.26. The number of benzene rings is 1. The summed E-state index contributed by atoms with van der Waals surface area (Å²) in [6, 6.07) is 5.50. The van der Waals surface area contributed by atoms with Gasteiger partial charge in [0.1, 0.15) is 11.6 Å². The van der Waals surface area contributed by atoms with Crippen LogP contribution in [0.2, 0.25) is 0 Å². The van der Waals surface area contributed by atoms with Gasteiger partial charge in [0.2, 0.25) is 0 Å². The smallest absolute Gasteiger partial charge is 0.130 e. The molecule has 0 aliphatic carbocycles. The Morgan fingerprint density at radius 3 is 2.67 bits per heavy atom. The third-order valence-corrected chi connectivity index (χ3v) is 4.72. The zero-order chi connectivity index (χ0) is 13.1. The fraction of sp³-hybridized carbons (Fsp3) is 0.231. The summed E-state index contributed by atoms with van der Waals surface area (Å²) in [6.07, 6.45) is 0.664. The van der Waals surface area contributed by atoms with Gasteiger partial charge in [0.05, 0.1) is 0 Å². The molecule has 2 aromatic rings. The minimum absolute atomic E-state index is 0.166. The molecule has 0 saturated carbocycles. The number of hydrogen-bond donors (Lipinski definition) is 1. The lowest BCUT2D eigenvalue weighted by atomic mass is 10.0. The molecule has 2 rings (SSSR count). The third-order valence-electron chi connectivity index (χ3n) is 2.77. The number of likely N-dealkylation sites (N-methyl/N-ethyl adjacent to an activating group) is 1. The lowest BCUT2D eigenvalue weighted by Gasteiger charge is -2.17. The van der Waals surface area contributed by atoms with E-state index < -0.39 is 11.6 Å². The van der Waals surface area contributed by atoms with Crippen LogP contribution in [0.25, 0.3) is 0 Å². The van der Waals surface area contributed by atoms with Gasteiger partial charge < -0.3 is 5.32 Å². The summed E-state index contributed by atoms with van der Waals surface area (Å²) >= 11 is 5.07. The van der Waals surface area contributed by atoms with Gasteiger partial charge in [0.15, 0.2) is 0 Å². The Bertz CT molecular complexity index is 542. The van der Waals surface area contributed by atoms with Crippen LogP contribution >= 0.6 is 27.3 Å². The van der Waals surface area contributed by atoms with E-state index in [1.807, 2.05) is 11.4 Å². The van der Waals surface area contributed by atoms with E-state index in [1.165, 1.54) is 12.1 Å². The van der Waals surface area contributed by atoms with Crippen LogP contribution in [0.5, 0.6) is 0 Å². The molecule has 0 saturated heterocycles. The van der Waals surface area contributed by atoms with Gasteiger partial charge in [-0.1, -0.05) is 6.07 Å². The van der Waals surface area contributed by atoms with Crippen molar-refractivity contribution < 1.29 is 8.78 Å². The average molecular weight is 332 g/mol. The molecular formula is C13H12BrF2NS. The summed E-state index contributed by atoms with van der Waals surface area (Å²) in [6.45, 7) is 0. The first kappa shape index (κ1) is 13.6. The van der Waals surface area contributed by atoms with E-state index in [0.29, 0.717) is 12.0 Å². The van der Waals surface area contributed by atoms with E-state index in [4.69, 9.17) is 0 Å². The van der Waals surface area contributed by atoms with Crippen molar-refractivity contribution in [3.63, 3.8) is 0 Å². The SMILES string of the molecule is CNC(Cc1sccc1Br)c1ccc(F)cc1F. The summed E-state index contributed by atoms with van der Waals surface area (Å²) in [5.41, 5.74) is 0.485. The maximum absolute atomic E-state index is 13.7. The number of thiophene rings is 1. The topological polar surface area (TPSA) is 12.0 Å². The summed E-state index contributed by atoms with van der Waals surface area (Å²) in [4.78, 5) is 1.14. The highest BCUT2D eigenvalue weighted by Gasteiger charge is 2.17. The van der Waals surface area contributed by atoms with E-state index in [1.54, 1.807) is 18.4 Å². The van der Waals surface area contributed by atoms with Crippen molar-refractivity contribution >= 4 is 27.3 Å². The van der Waals surface area contributed by atoms with E-state index >= 15 is 0 Å². The lowest BCUT2D eigenvalue weighted by Crippen LogP contribution is -2.20. The molecule has 0 aliphatic heterocycles. The van der Waals surface area contributed by atoms with Crippen LogP contribution in [0.15, 0.2) is 34.1 Å². The van der Waals surface area contributed by atoms with E-state index in [2.05, 4.69) is 21.2 Å². The molecule has 1 aromatic carbocycles. The third kappa shape index (κ3) is 2.96. The molecule has 1 nitrogen and oxygen atoms in total. The fourth-order valence-electron chi connectivity index (χ4n) is 1.81. The van der Waals surface area contributed by atoms with Crippen molar-refractivity contribution in [2.75, 3.05) is 7.05 Å². The first-order valence-electron chi connectivity index (χ1n) is 5.46. The molecule has 5 heteroatoms. The van der Waals surface area contributed by atoms with Gasteiger partial charge >= 0.3 is 0 Å². The van der Waals surface area contributed by atoms with Gasteiger partial charge in [-0.05, 0) is 40.5 Å². The molecule has 1 N–H and O–H groups in total. The summed E-state index contributed by atoms with van der Waals surface area (Å²) in [7, 11) is 1.77. The van der Waals surface area contributed by atoms with Crippen molar-refractivity contribution in [3.05, 3.63) is 56.2 Å². The molecule has 0 bridgehead atoms. The van der Waals surface area contributed by atoms with Gasteiger partial charge in [-0.25, -0.2) is 8.78 Å². The van der Waals surface area contributed by atoms with Crippen molar-refractivity contribution in [1.82, 2.24) is 5.32 Å². The molecule has 0 radical (unpaired) electrons. The first-order chi connectivity index (χ1) is 8.61. The molecular weight excluding hydrogens is 320 g/mol. The Morgan fingerprint density at radius 2 is 2.11 bits per heavy atom. The Hall–Kier alpha value is -0.780. The molecule has 0 spiro atoms. The summed E-state index contributed by atoms with van der Waals surface area (Å²) in [5.74, 6) is -1.06. The summed E-state index contributed by atoms with van der Waals surface area (Å²) < 4.78 is 27.6. The van der Waals surface area contributed by atoms with Crippen molar-refractivity contribution in [2.24, 2.45) is 0 Å². The maximum atomic E-state index is 13.7. The molecule has 18 heavy (non-hydrogen) atoms. The normalized spacial score (nSPS) is 12.7. The Labute approximate surface area is 117 Å².